The molecular weight excluding hydrogens is 400 g/mol. The van der Waals surface area contributed by atoms with E-state index >= 15 is 0 Å². The van der Waals surface area contributed by atoms with Gasteiger partial charge in [-0.25, -0.2) is 10.9 Å². The molecule has 4 N–H and O–H groups in total. The van der Waals surface area contributed by atoms with Gasteiger partial charge in [-0.15, -0.1) is 0 Å². The number of fused-ring (bicyclic) bond motifs is 1. The number of hydrazine groups is 3. The van der Waals surface area contributed by atoms with E-state index in [0.29, 0.717) is 27.1 Å². The van der Waals surface area contributed by atoms with Gasteiger partial charge in [-0.05, 0) is 25.0 Å². The van der Waals surface area contributed by atoms with Crippen molar-refractivity contribution in [1.82, 2.24) is 21.1 Å². The highest BCUT2D eigenvalue weighted by Crippen LogP contribution is 2.58. The minimum Gasteiger partial charge on any atom is -0.507 e. The van der Waals surface area contributed by atoms with Crippen molar-refractivity contribution in [3.63, 3.8) is 0 Å². The summed E-state index contributed by atoms with van der Waals surface area (Å²) in [4.78, 5) is 26.9. The number of amides is 2. The Hall–Kier alpha value is -1.88. The molecule has 28 heavy (non-hydrogen) atoms. The largest absolute Gasteiger partial charge is 0.507 e. The molecule has 2 aliphatic rings. The molecule has 152 valence electrons. The van der Waals surface area contributed by atoms with Crippen LogP contribution in [0.2, 0.25) is 0 Å². The molecule has 2 aliphatic heterocycles. The number of thioether (sulfide) groups is 2. The SMILES string of the molecule is CCCCNN1C(=O)C(=C2Sc3c(O)ccc(O)c3S2)C(=O)N1NCCCC. The minimum absolute atomic E-state index is 0.00893. The first-order valence-electron chi connectivity index (χ1n) is 9.30. The summed E-state index contributed by atoms with van der Waals surface area (Å²) in [5.41, 5.74) is 6.05. The van der Waals surface area contributed by atoms with Crippen LogP contribution in [0.25, 0.3) is 0 Å². The zero-order chi connectivity index (χ0) is 20.3. The van der Waals surface area contributed by atoms with Gasteiger partial charge in [-0.3, -0.25) is 9.59 Å². The summed E-state index contributed by atoms with van der Waals surface area (Å²) in [6.45, 7) is 5.22. The standard InChI is InChI=1S/C18H24N4O4S2/c1-3-5-9-19-21-16(25)13(17(26)22(21)20-10-6-4-2)18-27-14-11(23)7-8-12(24)15(14)28-18/h7-8,19-20,23-24H,3-6,9-10H2,1-2H3. The number of hydrogen-bond acceptors (Lipinski definition) is 8. The van der Waals surface area contributed by atoms with Crippen molar-refractivity contribution < 1.29 is 19.8 Å². The van der Waals surface area contributed by atoms with E-state index in [1.165, 1.54) is 22.4 Å². The van der Waals surface area contributed by atoms with Crippen LogP contribution in [0.15, 0.2) is 31.7 Å². The molecular formula is C18H24N4O4S2. The lowest BCUT2D eigenvalue weighted by molar-refractivity contribution is -0.162. The summed E-state index contributed by atoms with van der Waals surface area (Å²) < 4.78 is 0.448. The summed E-state index contributed by atoms with van der Waals surface area (Å²) in [6.07, 6.45) is 3.65. The number of carbonyl (C=O) groups is 2. The highest BCUT2D eigenvalue weighted by molar-refractivity contribution is 8.25. The molecule has 0 atom stereocenters. The van der Waals surface area contributed by atoms with Crippen LogP contribution in [0.3, 0.4) is 0 Å². The second kappa shape index (κ2) is 9.08. The Kier molecular flexibility index (Phi) is 6.76. The Morgan fingerprint density at radius 2 is 1.29 bits per heavy atom. The van der Waals surface area contributed by atoms with Crippen molar-refractivity contribution in [2.75, 3.05) is 13.1 Å². The van der Waals surface area contributed by atoms with E-state index in [0.717, 1.165) is 49.2 Å². The number of rotatable bonds is 8. The Morgan fingerprint density at radius 3 is 1.68 bits per heavy atom. The normalized spacial score (nSPS) is 16.5. The van der Waals surface area contributed by atoms with Crippen LogP contribution >= 0.6 is 23.5 Å². The lowest BCUT2D eigenvalue weighted by Gasteiger charge is -2.27. The second-order valence-corrected chi connectivity index (χ2v) is 8.69. The Labute approximate surface area is 172 Å². The van der Waals surface area contributed by atoms with Crippen molar-refractivity contribution in [2.45, 2.75) is 49.3 Å². The highest BCUT2D eigenvalue weighted by atomic mass is 32.2. The van der Waals surface area contributed by atoms with Gasteiger partial charge in [0, 0.05) is 13.1 Å². The van der Waals surface area contributed by atoms with Gasteiger partial charge >= 0.3 is 0 Å². The fraction of sp³-hybridized carbons (Fsp3) is 0.444. The molecule has 0 spiro atoms. The topological polar surface area (TPSA) is 105 Å². The van der Waals surface area contributed by atoms with Gasteiger partial charge in [-0.1, -0.05) is 50.2 Å². The predicted octanol–water partition coefficient (Wildman–Crippen LogP) is 2.70. The number of benzene rings is 1. The third-order valence-electron chi connectivity index (χ3n) is 4.26. The van der Waals surface area contributed by atoms with Gasteiger partial charge in [-0.2, -0.15) is 10.2 Å². The van der Waals surface area contributed by atoms with Crippen molar-refractivity contribution in [2.24, 2.45) is 0 Å². The van der Waals surface area contributed by atoms with Crippen LogP contribution < -0.4 is 10.9 Å². The molecule has 2 heterocycles. The zero-order valence-corrected chi connectivity index (χ0v) is 17.5. The van der Waals surface area contributed by atoms with Gasteiger partial charge < -0.3 is 10.2 Å². The van der Waals surface area contributed by atoms with E-state index in [2.05, 4.69) is 10.9 Å². The first kappa shape index (κ1) is 20.8. The zero-order valence-electron chi connectivity index (χ0n) is 15.8. The Morgan fingerprint density at radius 1 is 0.857 bits per heavy atom. The van der Waals surface area contributed by atoms with Crippen LogP contribution in [0.1, 0.15) is 39.5 Å². The fourth-order valence-electron chi connectivity index (χ4n) is 2.72. The molecule has 0 aliphatic carbocycles. The summed E-state index contributed by atoms with van der Waals surface area (Å²) in [6, 6.07) is 2.79. The maximum Gasteiger partial charge on any atom is 0.296 e. The maximum absolute atomic E-state index is 13.0. The first-order chi connectivity index (χ1) is 13.5. The maximum atomic E-state index is 13.0. The second-order valence-electron chi connectivity index (χ2n) is 6.39. The summed E-state index contributed by atoms with van der Waals surface area (Å²) in [5, 5.41) is 22.6. The fourth-order valence-corrected chi connectivity index (χ4v) is 5.30. The first-order valence-corrected chi connectivity index (χ1v) is 10.9. The number of hydrogen-bond donors (Lipinski definition) is 4. The summed E-state index contributed by atoms with van der Waals surface area (Å²) in [5.74, 6) is -0.886. The molecule has 1 aromatic carbocycles. The summed E-state index contributed by atoms with van der Waals surface area (Å²) >= 11 is 2.25. The monoisotopic (exact) mass is 424 g/mol. The van der Waals surface area contributed by atoms with Gasteiger partial charge in [0.25, 0.3) is 11.8 Å². The molecule has 8 nitrogen and oxygen atoms in total. The lowest BCUT2D eigenvalue weighted by Crippen LogP contribution is -2.56. The molecule has 0 saturated carbocycles. The molecule has 0 unspecified atom stereocenters. The number of carbonyl (C=O) groups excluding carboxylic acids is 2. The molecule has 10 heteroatoms. The van der Waals surface area contributed by atoms with E-state index in [1.54, 1.807) is 0 Å². The Bertz CT molecular complexity index is 752. The number of unbranched alkanes of at least 4 members (excludes halogenated alkanes) is 2. The van der Waals surface area contributed by atoms with Crippen LogP contribution in [-0.2, 0) is 9.59 Å². The number of phenols is 2. The van der Waals surface area contributed by atoms with Crippen LogP contribution in [0, 0.1) is 0 Å². The van der Waals surface area contributed by atoms with Crippen LogP contribution in [0.5, 0.6) is 11.5 Å². The van der Waals surface area contributed by atoms with Gasteiger partial charge in [0.1, 0.15) is 17.1 Å². The van der Waals surface area contributed by atoms with Gasteiger partial charge in [0.05, 0.1) is 14.0 Å². The van der Waals surface area contributed by atoms with Gasteiger partial charge in [0.2, 0.25) is 0 Å². The lowest BCUT2D eigenvalue weighted by atomic mass is 10.3. The minimum atomic E-state index is -0.452. The molecule has 0 bridgehead atoms. The third-order valence-corrected chi connectivity index (χ3v) is 6.90. The third kappa shape index (κ3) is 3.95. The number of phenolic OH excluding ortho intramolecular Hbond substituents is 2. The van der Waals surface area contributed by atoms with E-state index in [1.807, 2.05) is 13.8 Å². The van der Waals surface area contributed by atoms with E-state index < -0.39 is 11.8 Å². The van der Waals surface area contributed by atoms with Crippen molar-refractivity contribution in [3.8, 4) is 11.5 Å². The number of nitrogens with one attached hydrogen (secondary N) is 2. The van der Waals surface area contributed by atoms with Crippen LogP contribution in [0.4, 0.5) is 0 Å². The molecule has 1 aromatic rings. The molecule has 1 saturated heterocycles. The smallest absolute Gasteiger partial charge is 0.296 e. The van der Waals surface area contributed by atoms with Crippen molar-refractivity contribution >= 4 is 35.3 Å². The highest BCUT2D eigenvalue weighted by Gasteiger charge is 2.45. The average molecular weight is 425 g/mol. The molecule has 0 aromatic heterocycles. The molecule has 3 rings (SSSR count). The van der Waals surface area contributed by atoms with Crippen molar-refractivity contribution in [3.05, 3.63) is 21.9 Å². The average Bonchev–Trinajstić information content (AvgIpc) is 3.21. The quantitative estimate of drug-likeness (QED) is 0.219. The molecule has 2 amide bonds. The Balaban J connectivity index is 1.89. The predicted molar refractivity (Wildman–Crippen MR) is 108 cm³/mol. The molecule has 1 fully saturated rings. The van der Waals surface area contributed by atoms with E-state index in [-0.39, 0.29) is 17.1 Å². The van der Waals surface area contributed by atoms with Crippen molar-refractivity contribution in [1.29, 1.82) is 0 Å². The number of nitrogens with zero attached hydrogens (tertiary/aromatic N) is 2. The van der Waals surface area contributed by atoms with Crippen LogP contribution in [-0.4, -0.2) is 45.4 Å². The van der Waals surface area contributed by atoms with Gasteiger partial charge in [0.15, 0.2) is 0 Å². The van der Waals surface area contributed by atoms with E-state index in [9.17, 15) is 19.8 Å². The molecule has 0 radical (unpaired) electrons. The number of aromatic hydroxyl groups is 2. The summed E-state index contributed by atoms with van der Waals surface area (Å²) in [7, 11) is 0. The van der Waals surface area contributed by atoms with E-state index in [4.69, 9.17) is 0 Å².